The second kappa shape index (κ2) is 6.39. The summed E-state index contributed by atoms with van der Waals surface area (Å²) in [6.45, 7) is 6.03. The molecule has 0 amide bonds. The van der Waals surface area contributed by atoms with Crippen LogP contribution >= 0.6 is 0 Å². The van der Waals surface area contributed by atoms with Crippen LogP contribution < -0.4 is 0 Å². The van der Waals surface area contributed by atoms with Gasteiger partial charge in [0.05, 0.1) is 6.61 Å². The van der Waals surface area contributed by atoms with E-state index >= 15 is 0 Å². The molecule has 0 radical (unpaired) electrons. The lowest BCUT2D eigenvalue weighted by Crippen LogP contribution is -2.04. The van der Waals surface area contributed by atoms with Gasteiger partial charge in [-0.2, -0.15) is 0 Å². The Morgan fingerprint density at radius 2 is 2.20 bits per heavy atom. The third-order valence-corrected chi connectivity index (χ3v) is 3.25. The van der Waals surface area contributed by atoms with Crippen molar-refractivity contribution in [3.8, 4) is 0 Å². The van der Waals surface area contributed by atoms with Gasteiger partial charge in [0.15, 0.2) is 0 Å². The van der Waals surface area contributed by atoms with E-state index in [2.05, 4.69) is 4.57 Å². The molecule has 1 aromatic carbocycles. The summed E-state index contributed by atoms with van der Waals surface area (Å²) in [6.07, 6.45) is 3.26. The molecule has 1 aromatic heterocycles. The molecule has 1 heterocycles. The fourth-order valence-corrected chi connectivity index (χ4v) is 2.22. The Balaban J connectivity index is 2.26. The van der Waals surface area contributed by atoms with E-state index in [9.17, 15) is 4.79 Å². The zero-order valence-electron chi connectivity index (χ0n) is 11.8. The molecule has 0 fully saturated rings. The largest absolute Gasteiger partial charge is 0.478 e. The average molecular weight is 273 g/mol. The summed E-state index contributed by atoms with van der Waals surface area (Å²) in [7, 11) is 0. The number of benzene rings is 1. The highest BCUT2D eigenvalue weighted by atomic mass is 16.5. The molecule has 0 saturated heterocycles. The maximum absolute atomic E-state index is 10.7. The van der Waals surface area contributed by atoms with Crippen LogP contribution in [0.2, 0.25) is 0 Å². The second-order valence-electron chi connectivity index (χ2n) is 4.65. The highest BCUT2D eigenvalue weighted by Gasteiger charge is 2.04. The number of carboxylic acid groups (broad SMARTS) is 1. The predicted octanol–water partition coefficient (Wildman–Crippen LogP) is 3.17. The van der Waals surface area contributed by atoms with Gasteiger partial charge < -0.3 is 14.4 Å². The molecule has 20 heavy (non-hydrogen) atoms. The SMILES string of the molecule is CCOCCn1ccc2cc(/C(C)=C/C(=O)O)ccc21. The summed E-state index contributed by atoms with van der Waals surface area (Å²) in [5.41, 5.74) is 2.82. The van der Waals surface area contributed by atoms with Crippen molar-refractivity contribution in [3.05, 3.63) is 42.1 Å². The third-order valence-electron chi connectivity index (χ3n) is 3.25. The van der Waals surface area contributed by atoms with Crippen molar-refractivity contribution < 1.29 is 14.6 Å². The van der Waals surface area contributed by atoms with E-state index in [-0.39, 0.29) is 0 Å². The van der Waals surface area contributed by atoms with Gasteiger partial charge in [-0.25, -0.2) is 4.79 Å². The number of nitrogens with zero attached hydrogens (tertiary/aromatic N) is 1. The average Bonchev–Trinajstić information content (AvgIpc) is 2.81. The van der Waals surface area contributed by atoms with Gasteiger partial charge in [-0.15, -0.1) is 0 Å². The molecule has 2 aromatic rings. The van der Waals surface area contributed by atoms with Crippen LogP contribution in [0.5, 0.6) is 0 Å². The molecule has 1 N–H and O–H groups in total. The third kappa shape index (κ3) is 3.27. The molecule has 0 unspecified atom stereocenters. The monoisotopic (exact) mass is 273 g/mol. The lowest BCUT2D eigenvalue weighted by molar-refractivity contribution is -0.131. The second-order valence-corrected chi connectivity index (χ2v) is 4.65. The van der Waals surface area contributed by atoms with E-state index in [1.54, 1.807) is 6.92 Å². The number of allylic oxidation sites excluding steroid dienone is 1. The quantitative estimate of drug-likeness (QED) is 0.649. The Kier molecular flexibility index (Phi) is 4.58. The van der Waals surface area contributed by atoms with Crippen LogP contribution in [0.15, 0.2) is 36.5 Å². The smallest absolute Gasteiger partial charge is 0.328 e. The number of ether oxygens (including phenoxy) is 1. The molecule has 4 heteroatoms. The molecule has 0 aliphatic heterocycles. The van der Waals surface area contributed by atoms with E-state index in [0.717, 1.165) is 35.2 Å². The Morgan fingerprint density at radius 1 is 1.40 bits per heavy atom. The Hall–Kier alpha value is -2.07. The van der Waals surface area contributed by atoms with Gasteiger partial charge in [0, 0.05) is 36.3 Å². The number of aliphatic carboxylic acids is 1. The van der Waals surface area contributed by atoms with Crippen molar-refractivity contribution in [2.24, 2.45) is 0 Å². The fraction of sp³-hybridized carbons (Fsp3) is 0.312. The number of carboxylic acids is 1. The van der Waals surface area contributed by atoms with Gasteiger partial charge in [0.1, 0.15) is 0 Å². The topological polar surface area (TPSA) is 51.5 Å². The van der Waals surface area contributed by atoms with Crippen LogP contribution in [0, 0.1) is 0 Å². The Bertz CT molecular complexity index is 640. The minimum Gasteiger partial charge on any atom is -0.478 e. The molecule has 0 atom stereocenters. The zero-order valence-corrected chi connectivity index (χ0v) is 11.8. The lowest BCUT2D eigenvalue weighted by Gasteiger charge is -2.06. The molecule has 0 aliphatic carbocycles. The highest BCUT2D eigenvalue weighted by molar-refractivity contribution is 5.91. The molecule has 0 aliphatic rings. The molecule has 0 spiro atoms. The summed E-state index contributed by atoms with van der Waals surface area (Å²) >= 11 is 0. The Morgan fingerprint density at radius 3 is 2.90 bits per heavy atom. The number of rotatable bonds is 6. The van der Waals surface area contributed by atoms with Gasteiger partial charge in [0.2, 0.25) is 0 Å². The molecular weight excluding hydrogens is 254 g/mol. The normalized spacial score (nSPS) is 12.0. The van der Waals surface area contributed by atoms with E-state index in [1.807, 2.05) is 37.4 Å². The number of aromatic nitrogens is 1. The standard InChI is InChI=1S/C16H19NO3/c1-3-20-9-8-17-7-6-14-11-13(4-5-15(14)17)12(2)10-16(18)19/h4-7,10-11H,3,8-9H2,1-2H3,(H,18,19)/b12-10+. The summed E-state index contributed by atoms with van der Waals surface area (Å²) in [4.78, 5) is 10.7. The van der Waals surface area contributed by atoms with Crippen LogP contribution in [-0.4, -0.2) is 28.9 Å². The number of hydrogen-bond donors (Lipinski definition) is 1. The maximum atomic E-state index is 10.7. The molecule has 0 bridgehead atoms. The van der Waals surface area contributed by atoms with Gasteiger partial charge in [-0.1, -0.05) is 6.07 Å². The van der Waals surface area contributed by atoms with Gasteiger partial charge >= 0.3 is 5.97 Å². The summed E-state index contributed by atoms with van der Waals surface area (Å²) in [6, 6.07) is 8.03. The minimum absolute atomic E-state index is 0.694. The van der Waals surface area contributed by atoms with E-state index in [0.29, 0.717) is 6.61 Å². The van der Waals surface area contributed by atoms with Crippen molar-refractivity contribution in [2.45, 2.75) is 20.4 Å². The van der Waals surface area contributed by atoms with Gasteiger partial charge in [-0.05, 0) is 43.2 Å². The number of hydrogen-bond acceptors (Lipinski definition) is 2. The lowest BCUT2D eigenvalue weighted by atomic mass is 10.1. The first-order valence-electron chi connectivity index (χ1n) is 6.70. The fourth-order valence-electron chi connectivity index (χ4n) is 2.22. The summed E-state index contributed by atoms with van der Waals surface area (Å²) in [5, 5.41) is 9.90. The number of fused-ring (bicyclic) bond motifs is 1. The summed E-state index contributed by atoms with van der Waals surface area (Å²) in [5.74, 6) is -0.920. The maximum Gasteiger partial charge on any atom is 0.328 e. The predicted molar refractivity (Wildman–Crippen MR) is 79.7 cm³/mol. The van der Waals surface area contributed by atoms with Crippen LogP contribution in [0.3, 0.4) is 0 Å². The van der Waals surface area contributed by atoms with Crippen LogP contribution in [0.25, 0.3) is 16.5 Å². The molecule has 0 saturated carbocycles. The molecule has 4 nitrogen and oxygen atoms in total. The van der Waals surface area contributed by atoms with Crippen molar-refractivity contribution in [3.63, 3.8) is 0 Å². The van der Waals surface area contributed by atoms with Crippen LogP contribution in [0.4, 0.5) is 0 Å². The molecule has 2 rings (SSSR count). The van der Waals surface area contributed by atoms with E-state index in [1.165, 1.54) is 6.08 Å². The van der Waals surface area contributed by atoms with Crippen molar-refractivity contribution in [1.29, 1.82) is 0 Å². The van der Waals surface area contributed by atoms with Crippen molar-refractivity contribution >= 4 is 22.4 Å². The van der Waals surface area contributed by atoms with Crippen LogP contribution in [-0.2, 0) is 16.1 Å². The van der Waals surface area contributed by atoms with Crippen LogP contribution in [0.1, 0.15) is 19.4 Å². The van der Waals surface area contributed by atoms with Crippen molar-refractivity contribution in [2.75, 3.05) is 13.2 Å². The summed E-state index contributed by atoms with van der Waals surface area (Å²) < 4.78 is 7.51. The highest BCUT2D eigenvalue weighted by Crippen LogP contribution is 2.22. The Labute approximate surface area is 118 Å². The van der Waals surface area contributed by atoms with E-state index in [4.69, 9.17) is 9.84 Å². The first-order valence-corrected chi connectivity index (χ1v) is 6.70. The minimum atomic E-state index is -0.920. The zero-order chi connectivity index (χ0) is 14.5. The first kappa shape index (κ1) is 14.3. The number of carbonyl (C=O) groups is 1. The molecular formula is C16H19NO3. The first-order chi connectivity index (χ1) is 9.61. The van der Waals surface area contributed by atoms with Gasteiger partial charge in [0.25, 0.3) is 0 Å². The van der Waals surface area contributed by atoms with Gasteiger partial charge in [-0.3, -0.25) is 0 Å². The van der Waals surface area contributed by atoms with Crippen molar-refractivity contribution in [1.82, 2.24) is 4.57 Å². The molecule has 106 valence electrons. The van der Waals surface area contributed by atoms with E-state index < -0.39 is 5.97 Å².